The first-order chi connectivity index (χ1) is 15.5. The molecule has 2 saturated heterocycles. The molecule has 0 bridgehead atoms. The maximum absolute atomic E-state index is 13.7. The Balaban J connectivity index is 1.40. The molecule has 0 radical (unpaired) electrons. The van der Waals surface area contributed by atoms with Crippen molar-refractivity contribution in [3.8, 4) is 0 Å². The lowest BCUT2D eigenvalue weighted by atomic mass is 10.1. The van der Waals surface area contributed by atoms with Crippen molar-refractivity contribution in [3.63, 3.8) is 0 Å². The van der Waals surface area contributed by atoms with Crippen LogP contribution in [-0.2, 0) is 0 Å². The van der Waals surface area contributed by atoms with E-state index >= 15 is 0 Å². The molecule has 32 heavy (non-hydrogen) atoms. The van der Waals surface area contributed by atoms with E-state index in [1.54, 1.807) is 0 Å². The quantitative estimate of drug-likeness (QED) is 0.619. The van der Waals surface area contributed by atoms with Gasteiger partial charge in [-0.05, 0) is 48.5 Å². The number of rotatable bonds is 4. The zero-order valence-electron chi connectivity index (χ0n) is 18.0. The summed E-state index contributed by atoms with van der Waals surface area (Å²) in [7, 11) is -2.36. The number of hydrogen-bond acceptors (Lipinski definition) is 3. The van der Waals surface area contributed by atoms with E-state index in [-0.39, 0.29) is 17.7 Å². The van der Waals surface area contributed by atoms with Crippen molar-refractivity contribution in [2.45, 2.75) is 24.2 Å². The zero-order chi connectivity index (χ0) is 22.1. The summed E-state index contributed by atoms with van der Waals surface area (Å²) in [6, 6.07) is 25.5. The fraction of sp³-hybridized carbons (Fsp3) is 0.308. The number of hydrogen-bond donors (Lipinski definition) is 1. The molecule has 3 nitrogen and oxygen atoms in total. The van der Waals surface area contributed by atoms with E-state index in [1.165, 1.54) is 30.0 Å². The average Bonchev–Trinajstić information content (AvgIpc) is 3.19. The Morgan fingerprint density at radius 3 is 1.75 bits per heavy atom. The van der Waals surface area contributed by atoms with Gasteiger partial charge in [0.1, 0.15) is 19.7 Å². The van der Waals surface area contributed by atoms with Gasteiger partial charge in [0.2, 0.25) is 0 Å². The van der Waals surface area contributed by atoms with Crippen LogP contribution in [0.25, 0.3) is 0 Å². The third kappa shape index (κ3) is 3.98. The number of benzene rings is 3. The van der Waals surface area contributed by atoms with Crippen molar-refractivity contribution in [1.82, 2.24) is 4.90 Å². The maximum atomic E-state index is 13.7. The van der Waals surface area contributed by atoms with Gasteiger partial charge >= 0.3 is 0 Å². The fourth-order valence-corrected chi connectivity index (χ4v) is 10.9. The third-order valence-corrected chi connectivity index (χ3v) is 12.4. The number of anilines is 1. The average molecular weight is 451 g/mol. The minimum absolute atomic E-state index is 0.0645. The molecule has 5 rings (SSSR count). The molecule has 1 N–H and O–H groups in total. The summed E-state index contributed by atoms with van der Waals surface area (Å²) >= 11 is 0. The van der Waals surface area contributed by atoms with Crippen LogP contribution in [0.15, 0.2) is 78.9 Å². The van der Waals surface area contributed by atoms with E-state index < -0.39 is 14.2 Å². The van der Waals surface area contributed by atoms with Gasteiger partial charge in [-0.3, -0.25) is 4.90 Å². The second-order valence-corrected chi connectivity index (χ2v) is 13.1. The van der Waals surface area contributed by atoms with Crippen LogP contribution < -0.4 is 15.3 Å². The summed E-state index contributed by atoms with van der Waals surface area (Å²) in [6.07, 6.45) is -0.444. The molecule has 2 heterocycles. The van der Waals surface area contributed by atoms with Gasteiger partial charge in [-0.1, -0.05) is 52.8 Å². The van der Waals surface area contributed by atoms with E-state index in [2.05, 4.69) is 34.1 Å². The number of halogens is 2. The molecule has 166 valence electrons. The Morgan fingerprint density at radius 1 is 0.688 bits per heavy atom. The predicted molar refractivity (Wildman–Crippen MR) is 127 cm³/mol. The van der Waals surface area contributed by atoms with E-state index in [0.717, 1.165) is 42.6 Å². The maximum Gasteiger partial charge on any atom is 0.123 e. The highest BCUT2D eigenvalue weighted by atomic mass is 28.3. The molecule has 0 aliphatic carbocycles. The Hall–Kier alpha value is -2.54. The van der Waals surface area contributed by atoms with Crippen molar-refractivity contribution in [2.24, 2.45) is 0 Å². The fourth-order valence-electron chi connectivity index (χ4n) is 5.57. The van der Waals surface area contributed by atoms with Crippen LogP contribution in [0.2, 0.25) is 12.1 Å². The smallest absolute Gasteiger partial charge is 0.123 e. The molecule has 0 unspecified atom stereocenters. The first kappa shape index (κ1) is 21.3. The standard InChI is InChI=1S/C26H28F2N2OSi/c27-20-6-10-23(11-7-20)32(24-12-8-21(28)9-13-24)18-25(26(31)19-32)30-16-14-29(15-17-30)22-4-2-1-3-5-22/h1-13,25-26,31H,14-19H2/t25-,26-/m1/s1. The molecule has 0 spiro atoms. The van der Waals surface area contributed by atoms with Gasteiger partial charge in [0, 0.05) is 37.9 Å². The Kier molecular flexibility index (Phi) is 5.84. The minimum Gasteiger partial charge on any atom is -0.392 e. The van der Waals surface area contributed by atoms with Crippen LogP contribution in [0.1, 0.15) is 0 Å². The highest BCUT2D eigenvalue weighted by molar-refractivity contribution is 7.03. The topological polar surface area (TPSA) is 26.7 Å². The largest absolute Gasteiger partial charge is 0.392 e. The normalized spacial score (nSPS) is 23.4. The highest BCUT2D eigenvalue weighted by Gasteiger charge is 2.51. The summed E-state index contributed by atoms with van der Waals surface area (Å²) in [6.45, 7) is 3.64. The van der Waals surface area contributed by atoms with E-state index in [1.807, 2.05) is 30.3 Å². The monoisotopic (exact) mass is 450 g/mol. The summed E-state index contributed by atoms with van der Waals surface area (Å²) < 4.78 is 27.4. The lowest BCUT2D eigenvalue weighted by molar-refractivity contribution is 0.0766. The van der Waals surface area contributed by atoms with E-state index in [0.29, 0.717) is 6.04 Å². The van der Waals surface area contributed by atoms with Crippen LogP contribution in [0.3, 0.4) is 0 Å². The Labute approximate surface area is 188 Å². The molecule has 2 fully saturated rings. The third-order valence-electron chi connectivity index (χ3n) is 7.26. The number of piperazine rings is 1. The van der Waals surface area contributed by atoms with Gasteiger partial charge in [0.25, 0.3) is 0 Å². The summed E-state index contributed by atoms with van der Waals surface area (Å²) in [5, 5.41) is 13.4. The zero-order valence-corrected chi connectivity index (χ0v) is 19.0. The van der Waals surface area contributed by atoms with Crippen LogP contribution in [-0.4, -0.2) is 56.4 Å². The van der Waals surface area contributed by atoms with Gasteiger partial charge in [0.05, 0.1) is 6.10 Å². The SMILES string of the molecule is O[C@@H]1C[Si](c2ccc(F)cc2)(c2ccc(F)cc2)C[C@H]1N1CCN(c2ccccc2)CC1. The van der Waals surface area contributed by atoms with Crippen molar-refractivity contribution >= 4 is 24.1 Å². The molecule has 2 atom stereocenters. The summed E-state index contributed by atoms with van der Waals surface area (Å²) in [4.78, 5) is 4.81. The summed E-state index contributed by atoms with van der Waals surface area (Å²) in [5.41, 5.74) is 1.24. The van der Waals surface area contributed by atoms with Gasteiger partial charge in [-0.2, -0.15) is 0 Å². The molecule has 0 aromatic heterocycles. The molecule has 0 amide bonds. The van der Waals surface area contributed by atoms with Crippen LogP contribution in [0.4, 0.5) is 14.5 Å². The molecule has 2 aliphatic rings. The van der Waals surface area contributed by atoms with Crippen LogP contribution >= 0.6 is 0 Å². The second kappa shape index (κ2) is 8.77. The number of aliphatic hydroxyl groups excluding tert-OH is 1. The van der Waals surface area contributed by atoms with Crippen molar-refractivity contribution < 1.29 is 13.9 Å². The minimum atomic E-state index is -2.36. The van der Waals surface area contributed by atoms with Gasteiger partial charge < -0.3 is 10.0 Å². The number of aliphatic hydroxyl groups is 1. The molecule has 2 aliphatic heterocycles. The van der Waals surface area contributed by atoms with Crippen LogP contribution in [0, 0.1) is 11.6 Å². The molecule has 0 saturated carbocycles. The number of para-hydroxylation sites is 1. The van der Waals surface area contributed by atoms with Gasteiger partial charge in [0.15, 0.2) is 0 Å². The predicted octanol–water partition coefficient (Wildman–Crippen LogP) is 3.09. The molecule has 3 aromatic rings. The first-order valence-corrected chi connectivity index (χ1v) is 13.7. The lowest BCUT2D eigenvalue weighted by Gasteiger charge is -2.40. The van der Waals surface area contributed by atoms with Gasteiger partial charge in [-0.25, -0.2) is 8.78 Å². The second-order valence-electron chi connectivity index (χ2n) is 9.00. The number of nitrogens with zero attached hydrogens (tertiary/aromatic N) is 2. The van der Waals surface area contributed by atoms with Crippen molar-refractivity contribution in [3.05, 3.63) is 90.5 Å². The Morgan fingerprint density at radius 2 is 1.22 bits per heavy atom. The lowest BCUT2D eigenvalue weighted by Crippen LogP contribution is -2.58. The van der Waals surface area contributed by atoms with E-state index in [9.17, 15) is 13.9 Å². The molecule has 3 aromatic carbocycles. The molecular weight excluding hydrogens is 422 g/mol. The highest BCUT2D eigenvalue weighted by Crippen LogP contribution is 2.35. The summed E-state index contributed by atoms with van der Waals surface area (Å²) in [5.74, 6) is -0.520. The van der Waals surface area contributed by atoms with Crippen molar-refractivity contribution in [1.29, 1.82) is 0 Å². The van der Waals surface area contributed by atoms with E-state index in [4.69, 9.17) is 0 Å². The molecular formula is C26H28F2N2OSi. The first-order valence-electron chi connectivity index (χ1n) is 11.3. The molecule has 6 heteroatoms. The van der Waals surface area contributed by atoms with Crippen molar-refractivity contribution in [2.75, 3.05) is 31.1 Å². The Bertz CT molecular complexity index is 992. The van der Waals surface area contributed by atoms with Gasteiger partial charge in [-0.15, -0.1) is 0 Å². The van der Waals surface area contributed by atoms with Crippen LogP contribution in [0.5, 0.6) is 0 Å².